The molecule has 0 bridgehead atoms. The molecular formula is C13H17NO6S. The Morgan fingerprint density at radius 2 is 2.05 bits per heavy atom. The predicted octanol–water partition coefficient (Wildman–Crippen LogP) is 0.726. The van der Waals surface area contributed by atoms with Crippen LogP contribution in [0.1, 0.15) is 24.4 Å². The van der Waals surface area contributed by atoms with Crippen molar-refractivity contribution in [3.63, 3.8) is 0 Å². The van der Waals surface area contributed by atoms with Crippen molar-refractivity contribution >= 4 is 15.8 Å². The summed E-state index contributed by atoms with van der Waals surface area (Å²) in [5.41, 5.74) is 6.30. The molecule has 0 aromatic heterocycles. The van der Waals surface area contributed by atoms with Gasteiger partial charge in [0.05, 0.1) is 0 Å². The maximum absolute atomic E-state index is 12.1. The summed E-state index contributed by atoms with van der Waals surface area (Å²) < 4.78 is 34.9. The van der Waals surface area contributed by atoms with Crippen LogP contribution in [0.2, 0.25) is 0 Å². The van der Waals surface area contributed by atoms with E-state index in [2.05, 4.69) is 0 Å². The predicted molar refractivity (Wildman–Crippen MR) is 74.3 cm³/mol. The van der Waals surface area contributed by atoms with Gasteiger partial charge in [-0.2, -0.15) is 0 Å². The summed E-state index contributed by atoms with van der Waals surface area (Å²) in [4.78, 5) is 10.6. The molecule has 3 N–H and O–H groups in total. The molecule has 0 saturated carbocycles. The zero-order chi connectivity index (χ0) is 15.6. The quantitative estimate of drug-likeness (QED) is 0.822. The largest absolute Gasteiger partial charge is 0.486 e. The van der Waals surface area contributed by atoms with Crippen LogP contribution in [-0.4, -0.2) is 39.0 Å². The molecule has 1 heterocycles. The lowest BCUT2D eigenvalue weighted by Gasteiger charge is -2.24. The van der Waals surface area contributed by atoms with Crippen LogP contribution in [0.5, 0.6) is 11.5 Å². The second-order valence-corrected chi connectivity index (χ2v) is 6.77. The number of nitrogens with two attached hydrogens (primary N) is 1. The van der Waals surface area contributed by atoms with Crippen LogP contribution in [0.3, 0.4) is 0 Å². The lowest BCUT2D eigenvalue weighted by Crippen LogP contribution is -2.21. The van der Waals surface area contributed by atoms with Gasteiger partial charge in [-0.1, -0.05) is 6.07 Å². The Bertz CT molecular complexity index is 655. The van der Waals surface area contributed by atoms with E-state index >= 15 is 0 Å². The van der Waals surface area contributed by atoms with E-state index in [1.807, 2.05) is 0 Å². The summed E-state index contributed by atoms with van der Waals surface area (Å²) in [5.74, 6) is -0.466. The molecule has 7 nitrogen and oxygen atoms in total. The minimum Gasteiger partial charge on any atom is -0.486 e. The van der Waals surface area contributed by atoms with E-state index in [-0.39, 0.29) is 30.1 Å². The Morgan fingerprint density at radius 1 is 1.38 bits per heavy atom. The fourth-order valence-electron chi connectivity index (χ4n) is 2.21. The number of rotatable bonds is 5. The van der Waals surface area contributed by atoms with Crippen LogP contribution in [0, 0.1) is 0 Å². The van der Waals surface area contributed by atoms with Gasteiger partial charge >= 0.3 is 5.97 Å². The van der Waals surface area contributed by atoms with Crippen LogP contribution >= 0.6 is 0 Å². The zero-order valence-corrected chi connectivity index (χ0v) is 12.4. The van der Waals surface area contributed by atoms with E-state index in [4.69, 9.17) is 20.3 Å². The minimum absolute atomic E-state index is 0.0161. The highest BCUT2D eigenvalue weighted by Crippen LogP contribution is 2.41. The van der Waals surface area contributed by atoms with Crippen molar-refractivity contribution in [3.8, 4) is 11.5 Å². The number of carbonyl (C=O) groups is 1. The molecule has 21 heavy (non-hydrogen) atoms. The van der Waals surface area contributed by atoms with Crippen molar-refractivity contribution in [2.75, 3.05) is 19.5 Å². The number of sulfone groups is 1. The van der Waals surface area contributed by atoms with Crippen LogP contribution in [-0.2, 0) is 14.6 Å². The molecule has 1 aromatic carbocycles. The van der Waals surface area contributed by atoms with E-state index < -0.39 is 21.8 Å². The van der Waals surface area contributed by atoms with Crippen molar-refractivity contribution in [2.45, 2.75) is 23.8 Å². The first-order chi connectivity index (χ1) is 9.80. The lowest BCUT2D eigenvalue weighted by atomic mass is 10.0. The Kier molecular flexibility index (Phi) is 4.38. The summed E-state index contributed by atoms with van der Waals surface area (Å²) in [6.45, 7) is 0.601. The van der Waals surface area contributed by atoms with Gasteiger partial charge in [0.2, 0.25) is 0 Å². The molecule has 1 aliphatic rings. The number of fused-ring (bicyclic) bond motifs is 1. The molecular weight excluding hydrogens is 298 g/mol. The lowest BCUT2D eigenvalue weighted by molar-refractivity contribution is -0.137. The molecule has 8 heteroatoms. The van der Waals surface area contributed by atoms with Gasteiger partial charge in [0.25, 0.3) is 0 Å². The van der Waals surface area contributed by atoms with Crippen molar-refractivity contribution in [3.05, 3.63) is 17.7 Å². The average molecular weight is 315 g/mol. The molecule has 2 rings (SSSR count). The Balaban J connectivity index is 2.48. The normalized spacial score (nSPS) is 15.5. The first-order valence-electron chi connectivity index (χ1n) is 6.40. The third-order valence-electron chi connectivity index (χ3n) is 3.13. The maximum Gasteiger partial charge on any atom is 0.303 e. The third kappa shape index (κ3) is 3.45. The molecule has 1 aliphatic heterocycles. The molecule has 1 unspecified atom stereocenters. The highest BCUT2D eigenvalue weighted by atomic mass is 32.2. The molecule has 0 saturated heterocycles. The Labute approximate surface area is 122 Å². The van der Waals surface area contributed by atoms with Gasteiger partial charge in [0.1, 0.15) is 18.1 Å². The molecule has 0 radical (unpaired) electrons. The van der Waals surface area contributed by atoms with Crippen molar-refractivity contribution in [1.82, 2.24) is 0 Å². The second kappa shape index (κ2) is 5.90. The van der Waals surface area contributed by atoms with Gasteiger partial charge in [0, 0.05) is 18.7 Å². The standard InChI is InChI=1S/C13H17NO6S/c1-21(17,18)13-8(9(14)3-5-11(15)16)2-4-10-12(13)20-7-6-19-10/h2,4,9H,3,5-7,14H2,1H3,(H,15,16). The number of benzene rings is 1. The highest BCUT2D eigenvalue weighted by molar-refractivity contribution is 7.90. The number of carboxylic acids is 1. The molecule has 1 aromatic rings. The monoisotopic (exact) mass is 315 g/mol. The summed E-state index contributed by atoms with van der Waals surface area (Å²) >= 11 is 0. The smallest absolute Gasteiger partial charge is 0.303 e. The number of aliphatic carboxylic acids is 1. The van der Waals surface area contributed by atoms with Gasteiger partial charge in [-0.05, 0) is 18.1 Å². The fourth-order valence-corrected chi connectivity index (χ4v) is 3.36. The van der Waals surface area contributed by atoms with Crippen LogP contribution < -0.4 is 15.2 Å². The molecule has 0 amide bonds. The van der Waals surface area contributed by atoms with E-state index in [0.29, 0.717) is 17.9 Å². The summed E-state index contributed by atoms with van der Waals surface area (Å²) in [6, 6.07) is 2.44. The van der Waals surface area contributed by atoms with Gasteiger partial charge in [-0.3, -0.25) is 4.79 Å². The summed E-state index contributed by atoms with van der Waals surface area (Å²) in [7, 11) is -3.59. The maximum atomic E-state index is 12.1. The number of hydrogen-bond acceptors (Lipinski definition) is 6. The zero-order valence-electron chi connectivity index (χ0n) is 11.5. The van der Waals surface area contributed by atoms with Crippen molar-refractivity contribution in [2.24, 2.45) is 5.73 Å². The molecule has 0 aliphatic carbocycles. The molecule has 0 fully saturated rings. The molecule has 0 spiro atoms. The van der Waals surface area contributed by atoms with Crippen molar-refractivity contribution < 1.29 is 27.8 Å². The van der Waals surface area contributed by atoms with E-state index in [9.17, 15) is 13.2 Å². The van der Waals surface area contributed by atoms with Gasteiger partial charge in [-0.15, -0.1) is 0 Å². The van der Waals surface area contributed by atoms with E-state index in [0.717, 1.165) is 6.26 Å². The van der Waals surface area contributed by atoms with Gasteiger partial charge < -0.3 is 20.3 Å². The number of hydrogen-bond donors (Lipinski definition) is 2. The molecule has 1 atom stereocenters. The molecule has 116 valence electrons. The topological polar surface area (TPSA) is 116 Å². The fraction of sp³-hybridized carbons (Fsp3) is 0.462. The summed E-state index contributed by atoms with van der Waals surface area (Å²) in [5, 5.41) is 8.71. The minimum atomic E-state index is -3.59. The summed E-state index contributed by atoms with van der Waals surface area (Å²) in [6.07, 6.45) is 1.06. The van der Waals surface area contributed by atoms with Crippen LogP contribution in [0.4, 0.5) is 0 Å². The Morgan fingerprint density at radius 3 is 2.67 bits per heavy atom. The third-order valence-corrected chi connectivity index (χ3v) is 4.30. The van der Waals surface area contributed by atoms with Gasteiger partial charge in [-0.25, -0.2) is 8.42 Å². The van der Waals surface area contributed by atoms with Crippen LogP contribution in [0.15, 0.2) is 17.0 Å². The highest BCUT2D eigenvalue weighted by Gasteiger charge is 2.28. The SMILES string of the molecule is CS(=O)(=O)c1c(C(N)CCC(=O)O)ccc2c1OCCO2. The number of ether oxygens (including phenoxy) is 2. The van der Waals surface area contributed by atoms with Crippen LogP contribution in [0.25, 0.3) is 0 Å². The number of carboxylic acid groups (broad SMARTS) is 1. The second-order valence-electron chi connectivity index (χ2n) is 4.82. The Hall–Kier alpha value is -1.80. The van der Waals surface area contributed by atoms with Crippen molar-refractivity contribution in [1.29, 1.82) is 0 Å². The van der Waals surface area contributed by atoms with E-state index in [1.165, 1.54) is 0 Å². The van der Waals surface area contributed by atoms with E-state index in [1.54, 1.807) is 12.1 Å². The van der Waals surface area contributed by atoms with Gasteiger partial charge in [0.15, 0.2) is 21.3 Å². The first-order valence-corrected chi connectivity index (χ1v) is 8.29. The average Bonchev–Trinajstić information content (AvgIpc) is 2.42. The first kappa shape index (κ1) is 15.6.